The van der Waals surface area contributed by atoms with Gasteiger partial charge < -0.3 is 5.32 Å². The topological polar surface area (TPSA) is 55.6 Å². The van der Waals surface area contributed by atoms with E-state index in [1.54, 1.807) is 0 Å². The van der Waals surface area contributed by atoms with Crippen molar-refractivity contribution in [1.29, 1.82) is 0 Å². The molecule has 0 radical (unpaired) electrons. The maximum atomic E-state index is 4.13. The molecular weight excluding hydrogens is 246 g/mol. The Kier molecular flexibility index (Phi) is 3.84. The fraction of sp³-hybridized carbons (Fsp3) is 0.917. The van der Waals surface area contributed by atoms with Crippen LogP contribution in [0.15, 0.2) is 5.16 Å². The summed E-state index contributed by atoms with van der Waals surface area (Å²) in [7, 11) is 1.95. The first-order valence-corrected chi connectivity index (χ1v) is 7.89. The molecule has 3 rings (SSSR count). The highest BCUT2D eigenvalue weighted by molar-refractivity contribution is 7.99. The fourth-order valence-corrected chi connectivity index (χ4v) is 4.56. The molecule has 2 saturated carbocycles. The molecule has 2 fully saturated rings. The Morgan fingerprint density at radius 3 is 3.06 bits per heavy atom. The molecule has 1 aromatic rings. The number of nitrogens with one attached hydrogen (secondary N) is 1. The first kappa shape index (κ1) is 12.4. The normalized spacial score (nSPS) is 30.2. The van der Waals surface area contributed by atoms with Gasteiger partial charge in [0, 0.05) is 12.3 Å². The van der Waals surface area contributed by atoms with Crippen molar-refractivity contribution >= 4 is 11.8 Å². The van der Waals surface area contributed by atoms with Crippen molar-refractivity contribution in [2.45, 2.75) is 37.4 Å². The number of likely N-dealkylation sites (N-methyl/N-ethyl adjacent to an activating group) is 1. The van der Waals surface area contributed by atoms with Crippen molar-refractivity contribution in [3.05, 3.63) is 0 Å². The van der Waals surface area contributed by atoms with Crippen LogP contribution in [0.1, 0.15) is 25.7 Å². The highest BCUT2D eigenvalue weighted by Crippen LogP contribution is 2.49. The van der Waals surface area contributed by atoms with E-state index in [2.05, 4.69) is 20.8 Å². The van der Waals surface area contributed by atoms with E-state index in [1.807, 2.05) is 23.5 Å². The lowest BCUT2D eigenvalue weighted by atomic mass is 9.90. The lowest BCUT2D eigenvalue weighted by Crippen LogP contribution is -2.17. The van der Waals surface area contributed by atoms with Gasteiger partial charge in [-0.15, -0.1) is 5.10 Å². The van der Waals surface area contributed by atoms with Gasteiger partial charge in [-0.3, -0.25) is 0 Å². The average molecular weight is 267 g/mol. The maximum Gasteiger partial charge on any atom is 0.209 e. The summed E-state index contributed by atoms with van der Waals surface area (Å²) >= 11 is 1.84. The van der Waals surface area contributed by atoms with Crippen LogP contribution in [0.2, 0.25) is 0 Å². The molecule has 0 saturated heterocycles. The number of nitrogens with zero attached hydrogens (tertiary/aromatic N) is 4. The van der Waals surface area contributed by atoms with Crippen LogP contribution in [0.4, 0.5) is 0 Å². The van der Waals surface area contributed by atoms with Gasteiger partial charge >= 0.3 is 0 Å². The molecule has 1 N–H and O–H groups in total. The number of thioether (sulfide) groups is 1. The molecule has 2 aliphatic carbocycles. The summed E-state index contributed by atoms with van der Waals surface area (Å²) in [5.41, 5.74) is 0. The van der Waals surface area contributed by atoms with E-state index in [-0.39, 0.29) is 0 Å². The second kappa shape index (κ2) is 5.57. The zero-order chi connectivity index (χ0) is 12.4. The monoisotopic (exact) mass is 267 g/mol. The Hall–Kier alpha value is -0.620. The molecule has 100 valence electrons. The van der Waals surface area contributed by atoms with E-state index in [0.29, 0.717) is 0 Å². The van der Waals surface area contributed by atoms with Gasteiger partial charge in [0.25, 0.3) is 0 Å². The van der Waals surface area contributed by atoms with E-state index in [0.717, 1.165) is 36.0 Å². The Morgan fingerprint density at radius 2 is 2.33 bits per heavy atom. The second-order valence-electron chi connectivity index (χ2n) is 5.53. The third kappa shape index (κ3) is 2.54. The van der Waals surface area contributed by atoms with E-state index >= 15 is 0 Å². The van der Waals surface area contributed by atoms with E-state index in [9.17, 15) is 0 Å². The third-order valence-corrected chi connectivity index (χ3v) is 5.53. The molecule has 1 heterocycles. The van der Waals surface area contributed by atoms with Gasteiger partial charge in [-0.1, -0.05) is 18.2 Å². The van der Waals surface area contributed by atoms with Crippen LogP contribution in [0.5, 0.6) is 0 Å². The van der Waals surface area contributed by atoms with Gasteiger partial charge in [-0.25, -0.2) is 4.68 Å². The summed E-state index contributed by atoms with van der Waals surface area (Å²) in [6, 6.07) is 0. The number of fused-ring (bicyclic) bond motifs is 2. The van der Waals surface area contributed by atoms with Crippen LogP contribution < -0.4 is 5.32 Å². The van der Waals surface area contributed by atoms with Crippen LogP contribution in [0, 0.1) is 17.8 Å². The number of hydrogen-bond acceptors (Lipinski definition) is 5. The summed E-state index contributed by atoms with van der Waals surface area (Å²) < 4.78 is 1.91. The van der Waals surface area contributed by atoms with Gasteiger partial charge in [0.2, 0.25) is 5.16 Å². The Bertz CT molecular complexity index is 394. The molecule has 0 spiro atoms. The Morgan fingerprint density at radius 1 is 1.39 bits per heavy atom. The van der Waals surface area contributed by atoms with Crippen LogP contribution in [-0.4, -0.2) is 39.6 Å². The second-order valence-corrected chi connectivity index (χ2v) is 6.52. The molecule has 2 bridgehead atoms. The predicted octanol–water partition coefficient (Wildman–Crippen LogP) is 1.42. The minimum Gasteiger partial charge on any atom is -0.318 e. The highest BCUT2D eigenvalue weighted by atomic mass is 32.2. The lowest BCUT2D eigenvalue weighted by molar-refractivity contribution is 0.365. The first-order chi connectivity index (χ1) is 8.86. The van der Waals surface area contributed by atoms with Crippen LogP contribution in [0.25, 0.3) is 0 Å². The van der Waals surface area contributed by atoms with Crippen molar-refractivity contribution in [1.82, 2.24) is 25.5 Å². The summed E-state index contributed by atoms with van der Waals surface area (Å²) in [5.74, 6) is 4.12. The molecule has 0 aromatic carbocycles. The zero-order valence-electron chi connectivity index (χ0n) is 10.9. The number of rotatable bonds is 6. The molecule has 5 nitrogen and oxygen atoms in total. The molecule has 6 heteroatoms. The molecular formula is C12H21N5S. The largest absolute Gasteiger partial charge is 0.318 e. The zero-order valence-corrected chi connectivity index (χ0v) is 11.7. The van der Waals surface area contributed by atoms with Crippen molar-refractivity contribution in [3.63, 3.8) is 0 Å². The Labute approximate surface area is 112 Å². The smallest absolute Gasteiger partial charge is 0.209 e. The minimum absolute atomic E-state index is 0.850. The van der Waals surface area contributed by atoms with Gasteiger partial charge in [0.15, 0.2) is 0 Å². The summed E-state index contributed by atoms with van der Waals surface area (Å²) in [4.78, 5) is 0. The minimum atomic E-state index is 0.850. The summed E-state index contributed by atoms with van der Waals surface area (Å²) in [5, 5.41) is 16.1. The summed E-state index contributed by atoms with van der Waals surface area (Å²) in [6.45, 7) is 1.76. The van der Waals surface area contributed by atoms with Crippen LogP contribution >= 0.6 is 11.8 Å². The first-order valence-electron chi connectivity index (χ1n) is 6.90. The van der Waals surface area contributed by atoms with Crippen molar-refractivity contribution in [2.24, 2.45) is 17.8 Å². The lowest BCUT2D eigenvalue weighted by Gasteiger charge is -2.20. The Balaban J connectivity index is 1.52. The van der Waals surface area contributed by atoms with Crippen LogP contribution in [-0.2, 0) is 6.54 Å². The highest BCUT2D eigenvalue weighted by Gasteiger charge is 2.39. The third-order valence-electron chi connectivity index (χ3n) is 4.38. The van der Waals surface area contributed by atoms with E-state index in [1.165, 1.54) is 31.4 Å². The molecule has 1 aromatic heterocycles. The van der Waals surface area contributed by atoms with Crippen molar-refractivity contribution in [2.75, 3.05) is 19.3 Å². The molecule has 3 unspecified atom stereocenters. The average Bonchev–Trinajstić information content (AvgIpc) is 3.09. The van der Waals surface area contributed by atoms with Crippen molar-refractivity contribution in [3.8, 4) is 0 Å². The van der Waals surface area contributed by atoms with E-state index in [4.69, 9.17) is 0 Å². The number of aromatic nitrogens is 4. The van der Waals surface area contributed by atoms with Gasteiger partial charge in [0.1, 0.15) is 0 Å². The van der Waals surface area contributed by atoms with E-state index < -0.39 is 0 Å². The molecule has 18 heavy (non-hydrogen) atoms. The standard InChI is InChI=1S/C12H21N5S/c1-13-4-5-17-12(14-15-16-17)18-8-11-7-9-2-3-10(11)6-9/h9-11,13H,2-8H2,1H3. The van der Waals surface area contributed by atoms with Crippen molar-refractivity contribution < 1.29 is 0 Å². The predicted molar refractivity (Wildman–Crippen MR) is 71.4 cm³/mol. The number of tetrazole rings is 1. The molecule has 0 amide bonds. The SMILES string of the molecule is CNCCn1nnnc1SCC1CC2CCC1C2. The quantitative estimate of drug-likeness (QED) is 0.790. The molecule has 0 aliphatic heterocycles. The molecule has 2 aliphatic rings. The number of hydrogen-bond donors (Lipinski definition) is 1. The van der Waals surface area contributed by atoms with Gasteiger partial charge in [0.05, 0.1) is 6.54 Å². The summed E-state index contributed by atoms with van der Waals surface area (Å²) in [6.07, 6.45) is 5.86. The van der Waals surface area contributed by atoms with Gasteiger partial charge in [-0.05, 0) is 54.5 Å². The molecule has 3 atom stereocenters. The van der Waals surface area contributed by atoms with Crippen LogP contribution in [0.3, 0.4) is 0 Å². The fourth-order valence-electron chi connectivity index (χ4n) is 3.42. The van der Waals surface area contributed by atoms with Gasteiger partial charge in [-0.2, -0.15) is 0 Å². The maximum absolute atomic E-state index is 4.13.